The summed E-state index contributed by atoms with van der Waals surface area (Å²) in [5.41, 5.74) is 3.74. The van der Waals surface area contributed by atoms with Crippen LogP contribution < -0.4 is 4.74 Å². The van der Waals surface area contributed by atoms with Gasteiger partial charge in [-0.05, 0) is 80.4 Å². The third-order valence-corrected chi connectivity index (χ3v) is 8.05. The van der Waals surface area contributed by atoms with Gasteiger partial charge in [0.05, 0.1) is 6.61 Å². The molecule has 3 nitrogen and oxygen atoms in total. The molecule has 33 heavy (non-hydrogen) atoms. The average Bonchev–Trinajstić information content (AvgIpc) is 3.38. The number of hydrogen-bond donors (Lipinski definition) is 1. The zero-order valence-electron chi connectivity index (χ0n) is 19.2. The number of likely N-dealkylation sites (tertiary alicyclic amines) is 1. The smallest absolute Gasteiger partial charge is 0.126 e. The van der Waals surface area contributed by atoms with Gasteiger partial charge in [-0.15, -0.1) is 11.8 Å². The van der Waals surface area contributed by atoms with E-state index in [-0.39, 0.29) is 17.6 Å². The number of rotatable bonds is 8. The first-order chi connectivity index (χ1) is 16.3. The van der Waals surface area contributed by atoms with Crippen molar-refractivity contribution in [1.82, 2.24) is 4.90 Å². The molecule has 2 heterocycles. The number of benzene rings is 3. The zero-order chi connectivity index (χ0) is 22.5. The van der Waals surface area contributed by atoms with Gasteiger partial charge in [0, 0.05) is 28.4 Å². The van der Waals surface area contributed by atoms with Crippen molar-refractivity contribution in [2.45, 2.75) is 42.4 Å². The predicted molar refractivity (Wildman–Crippen MR) is 137 cm³/mol. The number of unbranched alkanes of at least 4 members (excludes halogenated alkanes) is 1. The molecular formula is C29H33NO2S. The van der Waals surface area contributed by atoms with Crippen molar-refractivity contribution in [1.29, 1.82) is 0 Å². The molecule has 0 amide bonds. The topological polar surface area (TPSA) is 32.7 Å². The van der Waals surface area contributed by atoms with Gasteiger partial charge < -0.3 is 14.7 Å². The van der Waals surface area contributed by atoms with E-state index >= 15 is 0 Å². The number of aromatic hydroxyl groups is 1. The van der Waals surface area contributed by atoms with E-state index in [1.54, 1.807) is 12.1 Å². The van der Waals surface area contributed by atoms with E-state index in [0.29, 0.717) is 6.61 Å². The Balaban J connectivity index is 1.28. The molecule has 0 aliphatic carbocycles. The fourth-order valence-electron chi connectivity index (χ4n) is 5.20. The Morgan fingerprint density at radius 2 is 1.67 bits per heavy atom. The third-order valence-electron chi connectivity index (χ3n) is 6.96. The van der Waals surface area contributed by atoms with Gasteiger partial charge in [0.15, 0.2) is 0 Å². The highest BCUT2D eigenvalue weighted by atomic mass is 32.2. The van der Waals surface area contributed by atoms with Gasteiger partial charge in [0.1, 0.15) is 11.5 Å². The first kappa shape index (κ1) is 22.4. The number of hydrogen-bond acceptors (Lipinski definition) is 4. The second-order valence-electron chi connectivity index (χ2n) is 9.20. The number of thioether (sulfide) groups is 1. The molecule has 1 N–H and O–H groups in total. The standard InChI is InChI=1S/C29H33NO2S/c31-24-12-15-26-28(20-24)32-21-27(22-8-2-1-3-9-22)29(26)23-10-13-25(14-11-23)33-19-7-6-18-30-16-4-5-17-30/h1-3,8-15,20,27,29,31H,4-7,16-19,21H2/t27-,29-/m0/s1. The van der Waals surface area contributed by atoms with Crippen LogP contribution in [0.4, 0.5) is 0 Å². The summed E-state index contributed by atoms with van der Waals surface area (Å²) in [6.45, 7) is 4.47. The maximum atomic E-state index is 9.96. The van der Waals surface area contributed by atoms with Crippen LogP contribution in [0.3, 0.4) is 0 Å². The molecule has 2 aliphatic rings. The van der Waals surface area contributed by atoms with E-state index < -0.39 is 0 Å². The first-order valence-corrected chi connectivity index (χ1v) is 13.2. The van der Waals surface area contributed by atoms with Crippen LogP contribution in [-0.2, 0) is 0 Å². The summed E-state index contributed by atoms with van der Waals surface area (Å²) in [5.74, 6) is 2.67. The van der Waals surface area contributed by atoms with Crippen LogP contribution in [0.5, 0.6) is 11.5 Å². The lowest BCUT2D eigenvalue weighted by atomic mass is 9.76. The quantitative estimate of drug-likeness (QED) is 0.301. The number of phenolic OH excluding ortho intramolecular Hbond substituents is 1. The van der Waals surface area contributed by atoms with Crippen molar-refractivity contribution in [2.24, 2.45) is 0 Å². The molecule has 3 aromatic carbocycles. The fourth-order valence-corrected chi connectivity index (χ4v) is 6.12. The molecule has 5 rings (SSSR count). The van der Waals surface area contributed by atoms with Crippen molar-refractivity contribution in [3.63, 3.8) is 0 Å². The fraction of sp³-hybridized carbons (Fsp3) is 0.379. The number of ether oxygens (including phenoxy) is 1. The summed E-state index contributed by atoms with van der Waals surface area (Å²) in [4.78, 5) is 3.95. The minimum atomic E-state index is 0.205. The Kier molecular flexibility index (Phi) is 7.23. The van der Waals surface area contributed by atoms with Crippen LogP contribution in [0.25, 0.3) is 0 Å². The van der Waals surface area contributed by atoms with Gasteiger partial charge in [0.25, 0.3) is 0 Å². The minimum absolute atomic E-state index is 0.205. The summed E-state index contributed by atoms with van der Waals surface area (Å²) in [6.07, 6.45) is 5.33. The van der Waals surface area contributed by atoms with Gasteiger partial charge >= 0.3 is 0 Å². The van der Waals surface area contributed by atoms with E-state index in [1.807, 2.05) is 17.8 Å². The van der Waals surface area contributed by atoms with Crippen LogP contribution in [-0.4, -0.2) is 42.0 Å². The van der Waals surface area contributed by atoms with E-state index in [0.717, 1.165) is 11.3 Å². The van der Waals surface area contributed by atoms with E-state index in [4.69, 9.17) is 4.74 Å². The van der Waals surface area contributed by atoms with Crippen molar-refractivity contribution in [2.75, 3.05) is 32.0 Å². The lowest BCUT2D eigenvalue weighted by Crippen LogP contribution is -2.25. The average molecular weight is 460 g/mol. The van der Waals surface area contributed by atoms with Crippen LogP contribution in [0, 0.1) is 0 Å². The highest BCUT2D eigenvalue weighted by molar-refractivity contribution is 7.99. The molecule has 0 unspecified atom stereocenters. The van der Waals surface area contributed by atoms with Gasteiger partial charge in [-0.2, -0.15) is 0 Å². The largest absolute Gasteiger partial charge is 0.508 e. The Morgan fingerprint density at radius 1 is 0.879 bits per heavy atom. The molecule has 2 atom stereocenters. The number of nitrogens with zero attached hydrogens (tertiary/aromatic N) is 1. The first-order valence-electron chi connectivity index (χ1n) is 12.2. The van der Waals surface area contributed by atoms with E-state index in [1.165, 1.54) is 67.1 Å². The Labute approximate surface area is 201 Å². The summed E-state index contributed by atoms with van der Waals surface area (Å²) in [6, 6.07) is 25.3. The Bertz CT molecular complexity index is 1030. The van der Waals surface area contributed by atoms with Crippen molar-refractivity contribution >= 4 is 11.8 Å². The van der Waals surface area contributed by atoms with Gasteiger partial charge in [-0.3, -0.25) is 0 Å². The second-order valence-corrected chi connectivity index (χ2v) is 10.4. The second kappa shape index (κ2) is 10.7. The molecule has 0 bridgehead atoms. The molecule has 172 valence electrons. The molecule has 0 spiro atoms. The monoisotopic (exact) mass is 459 g/mol. The van der Waals surface area contributed by atoms with Crippen molar-refractivity contribution in [3.8, 4) is 11.5 Å². The molecule has 0 aromatic heterocycles. The molecular weight excluding hydrogens is 426 g/mol. The number of fused-ring (bicyclic) bond motifs is 1. The van der Waals surface area contributed by atoms with E-state index in [9.17, 15) is 5.11 Å². The van der Waals surface area contributed by atoms with Crippen molar-refractivity contribution in [3.05, 3.63) is 89.5 Å². The molecule has 0 saturated carbocycles. The molecule has 3 aromatic rings. The molecule has 1 fully saturated rings. The Morgan fingerprint density at radius 3 is 2.45 bits per heavy atom. The van der Waals surface area contributed by atoms with Crippen LogP contribution in [0.2, 0.25) is 0 Å². The summed E-state index contributed by atoms with van der Waals surface area (Å²) >= 11 is 1.97. The maximum Gasteiger partial charge on any atom is 0.126 e. The highest BCUT2D eigenvalue weighted by Gasteiger charge is 2.33. The van der Waals surface area contributed by atoms with Crippen molar-refractivity contribution < 1.29 is 9.84 Å². The summed E-state index contributed by atoms with van der Waals surface area (Å²) in [5, 5.41) is 9.96. The predicted octanol–water partition coefficient (Wildman–Crippen LogP) is 6.67. The SMILES string of the molecule is Oc1ccc2c(c1)OC[C@@H](c1ccccc1)[C@H]2c1ccc(SCCCCN2CCCC2)cc1. The minimum Gasteiger partial charge on any atom is -0.508 e. The van der Waals surface area contributed by atoms with Crippen LogP contribution in [0.15, 0.2) is 77.7 Å². The normalized spacial score (nSPS) is 20.4. The van der Waals surface area contributed by atoms with E-state index in [2.05, 4.69) is 59.5 Å². The molecule has 2 aliphatic heterocycles. The molecule has 0 radical (unpaired) electrons. The van der Waals surface area contributed by atoms with Crippen LogP contribution in [0.1, 0.15) is 54.2 Å². The Hall–Kier alpha value is -2.43. The molecule has 4 heteroatoms. The zero-order valence-corrected chi connectivity index (χ0v) is 20.0. The van der Waals surface area contributed by atoms with Gasteiger partial charge in [-0.1, -0.05) is 48.5 Å². The molecule has 1 saturated heterocycles. The number of phenols is 1. The lowest BCUT2D eigenvalue weighted by molar-refractivity contribution is 0.248. The highest BCUT2D eigenvalue weighted by Crippen LogP contribution is 2.47. The third kappa shape index (κ3) is 5.39. The van der Waals surface area contributed by atoms with Gasteiger partial charge in [-0.25, -0.2) is 0 Å². The summed E-state index contributed by atoms with van der Waals surface area (Å²) < 4.78 is 6.09. The lowest BCUT2D eigenvalue weighted by Gasteiger charge is -2.34. The van der Waals surface area contributed by atoms with Crippen LogP contribution >= 0.6 is 11.8 Å². The summed E-state index contributed by atoms with van der Waals surface area (Å²) in [7, 11) is 0. The maximum absolute atomic E-state index is 9.96. The van der Waals surface area contributed by atoms with Gasteiger partial charge in [0.2, 0.25) is 0 Å².